The van der Waals surface area contributed by atoms with Gasteiger partial charge in [0.15, 0.2) is 0 Å². The molecule has 2 atom stereocenters. The minimum atomic E-state index is -4.39. The second-order valence-electron chi connectivity index (χ2n) is 5.73. The third-order valence-corrected chi connectivity index (χ3v) is 3.87. The number of hydrogen-bond acceptors (Lipinski definition) is 1. The summed E-state index contributed by atoms with van der Waals surface area (Å²) in [5.41, 5.74) is 0.808. The Kier molecular flexibility index (Phi) is 5.08. The van der Waals surface area contributed by atoms with Crippen molar-refractivity contribution >= 4 is 5.91 Å². The molecule has 122 valence electrons. The number of amides is 1. The molecule has 6 heteroatoms. The summed E-state index contributed by atoms with van der Waals surface area (Å²) in [6.45, 7) is 0.800. The highest BCUT2D eigenvalue weighted by Crippen LogP contribution is 2.48. The van der Waals surface area contributed by atoms with Gasteiger partial charge in [-0.2, -0.15) is 13.2 Å². The standard InChI is InChI=1S/C16H19F4NO/c1-2-3-8-21(10-16(18,19)20)15(22)14-9-13(14)11-4-6-12(17)7-5-11/h4-7,13-14H,2-3,8-10H2,1H3. The predicted molar refractivity (Wildman–Crippen MR) is 74.8 cm³/mol. The minimum Gasteiger partial charge on any atom is -0.333 e. The first-order valence-electron chi connectivity index (χ1n) is 7.43. The molecule has 0 radical (unpaired) electrons. The molecule has 1 aromatic rings. The number of hydrogen-bond donors (Lipinski definition) is 0. The van der Waals surface area contributed by atoms with E-state index in [1.165, 1.54) is 12.1 Å². The molecule has 0 bridgehead atoms. The number of halogens is 4. The number of benzene rings is 1. The van der Waals surface area contributed by atoms with Crippen LogP contribution < -0.4 is 0 Å². The topological polar surface area (TPSA) is 20.3 Å². The van der Waals surface area contributed by atoms with E-state index >= 15 is 0 Å². The largest absolute Gasteiger partial charge is 0.406 e. The second kappa shape index (κ2) is 6.67. The first-order chi connectivity index (χ1) is 10.3. The first-order valence-corrected chi connectivity index (χ1v) is 7.43. The Bertz CT molecular complexity index is 512. The van der Waals surface area contributed by atoms with E-state index in [0.717, 1.165) is 16.9 Å². The van der Waals surface area contributed by atoms with E-state index in [9.17, 15) is 22.4 Å². The van der Waals surface area contributed by atoms with Crippen molar-refractivity contribution in [3.63, 3.8) is 0 Å². The molecule has 2 unspecified atom stereocenters. The van der Waals surface area contributed by atoms with Crippen molar-refractivity contribution in [2.75, 3.05) is 13.1 Å². The van der Waals surface area contributed by atoms with Crippen LogP contribution in [0.15, 0.2) is 24.3 Å². The molecule has 0 aliphatic heterocycles. The van der Waals surface area contributed by atoms with E-state index in [0.29, 0.717) is 12.8 Å². The van der Waals surface area contributed by atoms with Crippen molar-refractivity contribution < 1.29 is 22.4 Å². The number of rotatable bonds is 6. The number of carbonyl (C=O) groups is 1. The lowest BCUT2D eigenvalue weighted by Gasteiger charge is -2.24. The highest BCUT2D eigenvalue weighted by atomic mass is 19.4. The van der Waals surface area contributed by atoms with Gasteiger partial charge in [0.1, 0.15) is 12.4 Å². The van der Waals surface area contributed by atoms with E-state index in [1.54, 1.807) is 12.1 Å². The summed E-state index contributed by atoms with van der Waals surface area (Å²) in [4.78, 5) is 13.2. The summed E-state index contributed by atoms with van der Waals surface area (Å²) < 4.78 is 50.7. The van der Waals surface area contributed by atoms with E-state index < -0.39 is 24.5 Å². The number of unbranched alkanes of at least 4 members (excludes halogenated alkanes) is 1. The summed E-state index contributed by atoms with van der Waals surface area (Å²) in [5, 5.41) is 0. The van der Waals surface area contributed by atoms with Crippen molar-refractivity contribution in [1.29, 1.82) is 0 Å². The fraction of sp³-hybridized carbons (Fsp3) is 0.562. The zero-order valence-corrected chi connectivity index (χ0v) is 12.4. The Morgan fingerprint density at radius 2 is 1.91 bits per heavy atom. The third-order valence-electron chi connectivity index (χ3n) is 3.87. The normalized spacial score (nSPS) is 20.8. The fourth-order valence-electron chi connectivity index (χ4n) is 2.61. The van der Waals surface area contributed by atoms with Crippen LogP contribution in [0.25, 0.3) is 0 Å². The van der Waals surface area contributed by atoms with E-state index in [-0.39, 0.29) is 18.3 Å². The van der Waals surface area contributed by atoms with Crippen LogP contribution in [0.4, 0.5) is 17.6 Å². The average Bonchev–Trinajstić information content (AvgIpc) is 3.22. The quantitative estimate of drug-likeness (QED) is 0.723. The summed E-state index contributed by atoms with van der Waals surface area (Å²) in [7, 11) is 0. The summed E-state index contributed by atoms with van der Waals surface area (Å²) in [5.74, 6) is -1.32. The third kappa shape index (κ3) is 4.45. The molecule has 1 aromatic carbocycles. The molecule has 2 nitrogen and oxygen atoms in total. The van der Waals surface area contributed by atoms with Gasteiger partial charge in [0.25, 0.3) is 0 Å². The maximum Gasteiger partial charge on any atom is 0.406 e. The molecule has 2 rings (SSSR count). The van der Waals surface area contributed by atoms with Gasteiger partial charge in [-0.15, -0.1) is 0 Å². The molecular weight excluding hydrogens is 298 g/mol. The average molecular weight is 317 g/mol. The molecule has 1 fully saturated rings. The van der Waals surface area contributed by atoms with E-state index in [4.69, 9.17) is 0 Å². The van der Waals surface area contributed by atoms with Gasteiger partial charge < -0.3 is 4.90 Å². The molecular formula is C16H19F4NO. The maximum absolute atomic E-state index is 12.9. The van der Waals surface area contributed by atoms with Crippen molar-refractivity contribution in [3.05, 3.63) is 35.6 Å². The van der Waals surface area contributed by atoms with Gasteiger partial charge in [0.2, 0.25) is 5.91 Å². The lowest BCUT2D eigenvalue weighted by Crippen LogP contribution is -2.40. The minimum absolute atomic E-state index is 0.0922. The van der Waals surface area contributed by atoms with Crippen LogP contribution in [0.5, 0.6) is 0 Å². The van der Waals surface area contributed by atoms with Crippen molar-refractivity contribution in [1.82, 2.24) is 4.90 Å². The van der Waals surface area contributed by atoms with Crippen LogP contribution in [-0.4, -0.2) is 30.1 Å². The summed E-state index contributed by atoms with van der Waals surface area (Å²) >= 11 is 0. The first kappa shape index (κ1) is 16.8. The van der Waals surface area contributed by atoms with Gasteiger partial charge in [0, 0.05) is 12.5 Å². The fourth-order valence-corrected chi connectivity index (χ4v) is 2.61. The number of carbonyl (C=O) groups excluding carboxylic acids is 1. The highest BCUT2D eigenvalue weighted by molar-refractivity contribution is 5.83. The monoisotopic (exact) mass is 317 g/mol. The lowest BCUT2D eigenvalue weighted by molar-refractivity contribution is -0.162. The van der Waals surface area contributed by atoms with E-state index in [2.05, 4.69) is 0 Å². The number of nitrogens with zero attached hydrogens (tertiary/aromatic N) is 1. The molecule has 1 aliphatic rings. The van der Waals surface area contributed by atoms with Crippen LogP contribution in [0.2, 0.25) is 0 Å². The smallest absolute Gasteiger partial charge is 0.333 e. The molecule has 0 aromatic heterocycles. The van der Waals surface area contributed by atoms with Gasteiger partial charge in [-0.3, -0.25) is 4.79 Å². The van der Waals surface area contributed by atoms with Gasteiger partial charge in [0.05, 0.1) is 0 Å². The van der Waals surface area contributed by atoms with Crippen molar-refractivity contribution in [2.45, 2.75) is 38.3 Å². The second-order valence-corrected chi connectivity index (χ2v) is 5.73. The van der Waals surface area contributed by atoms with Crippen LogP contribution >= 0.6 is 0 Å². The molecule has 1 amide bonds. The SMILES string of the molecule is CCCCN(CC(F)(F)F)C(=O)C1CC1c1ccc(F)cc1. The zero-order valence-electron chi connectivity index (χ0n) is 12.4. The predicted octanol–water partition coefficient (Wildman–Crippen LogP) is 4.12. The van der Waals surface area contributed by atoms with Gasteiger partial charge in [-0.1, -0.05) is 25.5 Å². The molecule has 22 heavy (non-hydrogen) atoms. The van der Waals surface area contributed by atoms with Crippen LogP contribution in [0.3, 0.4) is 0 Å². The molecule has 0 spiro atoms. The lowest BCUT2D eigenvalue weighted by atomic mass is 10.1. The van der Waals surface area contributed by atoms with Crippen molar-refractivity contribution in [2.24, 2.45) is 5.92 Å². The van der Waals surface area contributed by atoms with Gasteiger partial charge in [-0.05, 0) is 36.5 Å². The van der Waals surface area contributed by atoms with Crippen LogP contribution in [0, 0.1) is 11.7 Å². The Balaban J connectivity index is 2.00. The Hall–Kier alpha value is -1.59. The molecule has 0 N–H and O–H groups in total. The van der Waals surface area contributed by atoms with Crippen LogP contribution in [-0.2, 0) is 4.79 Å². The Labute approximate surface area is 127 Å². The van der Waals surface area contributed by atoms with E-state index in [1.807, 2.05) is 6.92 Å². The summed E-state index contributed by atoms with van der Waals surface area (Å²) in [6.07, 6.45) is -2.57. The van der Waals surface area contributed by atoms with Gasteiger partial charge >= 0.3 is 6.18 Å². The maximum atomic E-state index is 12.9. The molecule has 0 heterocycles. The van der Waals surface area contributed by atoms with Gasteiger partial charge in [-0.25, -0.2) is 4.39 Å². The Morgan fingerprint density at radius 1 is 1.27 bits per heavy atom. The molecule has 1 aliphatic carbocycles. The number of alkyl halides is 3. The molecule has 0 saturated heterocycles. The zero-order chi connectivity index (χ0) is 16.3. The Morgan fingerprint density at radius 3 is 2.45 bits per heavy atom. The van der Waals surface area contributed by atoms with Crippen molar-refractivity contribution in [3.8, 4) is 0 Å². The van der Waals surface area contributed by atoms with Crippen LogP contribution in [0.1, 0.15) is 37.7 Å². The summed E-state index contributed by atoms with van der Waals surface area (Å²) in [6, 6.07) is 5.79. The molecule has 1 saturated carbocycles. The highest BCUT2D eigenvalue weighted by Gasteiger charge is 2.47.